The van der Waals surface area contributed by atoms with Crippen LogP contribution >= 0.6 is 12.2 Å². The topological polar surface area (TPSA) is 54.2 Å². The Bertz CT molecular complexity index is 427. The van der Waals surface area contributed by atoms with Crippen molar-refractivity contribution in [3.05, 3.63) is 24.0 Å². The van der Waals surface area contributed by atoms with Gasteiger partial charge in [-0.2, -0.15) is 0 Å². The van der Waals surface area contributed by atoms with Crippen molar-refractivity contribution < 1.29 is 0 Å². The van der Waals surface area contributed by atoms with Gasteiger partial charge in [-0.25, -0.2) is 0 Å². The zero-order chi connectivity index (χ0) is 13.7. The largest absolute Gasteiger partial charge is 0.389 e. The van der Waals surface area contributed by atoms with E-state index >= 15 is 0 Å². The molecule has 1 aliphatic rings. The average Bonchev–Trinajstić information content (AvgIpc) is 2.42. The van der Waals surface area contributed by atoms with Crippen LogP contribution in [0.4, 0.5) is 5.69 Å². The number of nitrogens with two attached hydrogens (primary N) is 1. The summed E-state index contributed by atoms with van der Waals surface area (Å²) in [5.74, 6) is 0. The van der Waals surface area contributed by atoms with E-state index in [1.54, 1.807) is 6.20 Å². The summed E-state index contributed by atoms with van der Waals surface area (Å²) in [6.07, 6.45) is 7.08. The highest BCUT2D eigenvalue weighted by Crippen LogP contribution is 2.19. The van der Waals surface area contributed by atoms with Crippen LogP contribution in [0.2, 0.25) is 0 Å². The second-order valence-electron chi connectivity index (χ2n) is 5.05. The van der Waals surface area contributed by atoms with Crippen LogP contribution in [0.1, 0.15) is 31.7 Å². The van der Waals surface area contributed by atoms with Gasteiger partial charge in [-0.1, -0.05) is 19.1 Å². The molecule has 3 N–H and O–H groups in total. The Balaban J connectivity index is 1.94. The molecule has 0 saturated carbocycles. The number of likely N-dealkylation sites (tertiary alicyclic amines) is 1. The lowest BCUT2D eigenvalue weighted by Gasteiger charge is -2.32. The van der Waals surface area contributed by atoms with E-state index in [9.17, 15) is 0 Å². The SMILES string of the molecule is CCCN1CCC(Nc2cnccc2C(N)=S)CC1. The maximum atomic E-state index is 5.74. The molecule has 0 bridgehead atoms. The highest BCUT2D eigenvalue weighted by molar-refractivity contribution is 7.80. The van der Waals surface area contributed by atoms with Crippen LogP contribution < -0.4 is 11.1 Å². The van der Waals surface area contributed by atoms with Gasteiger partial charge in [-0.05, 0) is 31.9 Å². The Morgan fingerprint density at radius 3 is 2.89 bits per heavy atom. The van der Waals surface area contributed by atoms with E-state index in [2.05, 4.69) is 22.1 Å². The normalized spacial score (nSPS) is 17.3. The van der Waals surface area contributed by atoms with E-state index in [-0.39, 0.29) is 0 Å². The van der Waals surface area contributed by atoms with E-state index in [4.69, 9.17) is 18.0 Å². The Morgan fingerprint density at radius 1 is 1.53 bits per heavy atom. The minimum atomic E-state index is 0.424. The second kappa shape index (κ2) is 6.82. The van der Waals surface area contributed by atoms with Crippen molar-refractivity contribution in [2.24, 2.45) is 5.73 Å². The highest BCUT2D eigenvalue weighted by Gasteiger charge is 2.19. The summed E-state index contributed by atoms with van der Waals surface area (Å²) in [4.78, 5) is 7.10. The summed E-state index contributed by atoms with van der Waals surface area (Å²) in [7, 11) is 0. The molecule has 1 fully saturated rings. The van der Waals surface area contributed by atoms with Crippen LogP contribution in [0.3, 0.4) is 0 Å². The molecule has 1 aliphatic heterocycles. The van der Waals surface area contributed by atoms with Gasteiger partial charge in [-0.3, -0.25) is 4.98 Å². The molecule has 104 valence electrons. The first-order valence-corrected chi connectivity index (χ1v) is 7.34. The molecular formula is C14H22N4S. The number of piperidine rings is 1. The second-order valence-corrected chi connectivity index (χ2v) is 5.49. The van der Waals surface area contributed by atoms with E-state index in [1.807, 2.05) is 12.3 Å². The van der Waals surface area contributed by atoms with Gasteiger partial charge in [0.1, 0.15) is 4.99 Å². The third-order valence-corrected chi connectivity index (χ3v) is 3.79. The molecule has 1 saturated heterocycles. The minimum Gasteiger partial charge on any atom is -0.389 e. The standard InChI is InChI=1S/C14H22N4S/c1-2-7-18-8-4-11(5-9-18)17-13-10-16-6-3-12(13)14(15)19/h3,6,10-11,17H,2,4-5,7-9H2,1H3,(H2,15,19). The number of thiocarbonyl (C=S) groups is 1. The molecule has 0 unspecified atom stereocenters. The van der Waals surface area contributed by atoms with Gasteiger partial charge in [0.2, 0.25) is 0 Å². The number of aromatic nitrogens is 1. The fourth-order valence-corrected chi connectivity index (χ4v) is 2.74. The van der Waals surface area contributed by atoms with Crippen molar-refractivity contribution in [3.63, 3.8) is 0 Å². The Labute approximate surface area is 120 Å². The van der Waals surface area contributed by atoms with E-state index in [0.29, 0.717) is 11.0 Å². The molecule has 4 nitrogen and oxygen atoms in total. The van der Waals surface area contributed by atoms with Crippen LogP contribution in [0.5, 0.6) is 0 Å². The van der Waals surface area contributed by atoms with E-state index < -0.39 is 0 Å². The van der Waals surface area contributed by atoms with Crippen LogP contribution in [0, 0.1) is 0 Å². The monoisotopic (exact) mass is 278 g/mol. The molecule has 0 aromatic carbocycles. The number of rotatable bonds is 5. The van der Waals surface area contributed by atoms with Gasteiger partial charge >= 0.3 is 0 Å². The maximum Gasteiger partial charge on any atom is 0.106 e. The van der Waals surface area contributed by atoms with Gasteiger partial charge in [0.05, 0.1) is 11.9 Å². The van der Waals surface area contributed by atoms with Crippen LogP contribution in [0.25, 0.3) is 0 Å². The summed E-state index contributed by atoms with van der Waals surface area (Å²) in [6.45, 7) is 5.76. The molecule has 5 heteroatoms. The van der Waals surface area contributed by atoms with Crippen LogP contribution in [0.15, 0.2) is 18.5 Å². The third-order valence-electron chi connectivity index (χ3n) is 3.57. The Kier molecular flexibility index (Phi) is 5.10. The van der Waals surface area contributed by atoms with E-state index in [0.717, 1.165) is 37.2 Å². The molecule has 0 aliphatic carbocycles. The van der Waals surface area contributed by atoms with Crippen LogP contribution in [-0.2, 0) is 0 Å². The Hall–Kier alpha value is -1.20. The molecule has 0 spiro atoms. The van der Waals surface area contributed by atoms with Gasteiger partial charge in [0.15, 0.2) is 0 Å². The number of hydrogen-bond acceptors (Lipinski definition) is 4. The lowest BCUT2D eigenvalue weighted by atomic mass is 10.0. The lowest BCUT2D eigenvalue weighted by Crippen LogP contribution is -2.39. The molecule has 1 aromatic heterocycles. The number of anilines is 1. The quantitative estimate of drug-likeness (QED) is 0.807. The zero-order valence-electron chi connectivity index (χ0n) is 11.4. The summed E-state index contributed by atoms with van der Waals surface area (Å²) in [5.41, 5.74) is 7.59. The fraction of sp³-hybridized carbons (Fsp3) is 0.571. The predicted octanol–water partition coefficient (Wildman–Crippen LogP) is 2.00. The smallest absolute Gasteiger partial charge is 0.106 e. The fourth-order valence-electron chi connectivity index (χ4n) is 2.56. The minimum absolute atomic E-state index is 0.424. The van der Waals surface area contributed by atoms with Crippen molar-refractivity contribution in [2.75, 3.05) is 25.0 Å². The van der Waals surface area contributed by atoms with Crippen molar-refractivity contribution >= 4 is 22.9 Å². The molecule has 0 atom stereocenters. The maximum absolute atomic E-state index is 5.74. The number of nitrogens with zero attached hydrogens (tertiary/aromatic N) is 2. The number of hydrogen-bond donors (Lipinski definition) is 2. The van der Waals surface area contributed by atoms with Crippen molar-refractivity contribution in [1.82, 2.24) is 9.88 Å². The van der Waals surface area contributed by atoms with Crippen molar-refractivity contribution in [1.29, 1.82) is 0 Å². The molecular weight excluding hydrogens is 256 g/mol. The van der Waals surface area contributed by atoms with Gasteiger partial charge in [-0.15, -0.1) is 0 Å². The van der Waals surface area contributed by atoms with Gasteiger partial charge in [0, 0.05) is 30.9 Å². The van der Waals surface area contributed by atoms with Crippen LogP contribution in [-0.4, -0.2) is 40.5 Å². The van der Waals surface area contributed by atoms with E-state index in [1.165, 1.54) is 13.0 Å². The molecule has 2 heterocycles. The predicted molar refractivity (Wildman–Crippen MR) is 83.5 cm³/mol. The van der Waals surface area contributed by atoms with Crippen molar-refractivity contribution in [3.8, 4) is 0 Å². The molecule has 19 heavy (non-hydrogen) atoms. The van der Waals surface area contributed by atoms with Gasteiger partial charge in [0.25, 0.3) is 0 Å². The van der Waals surface area contributed by atoms with Crippen molar-refractivity contribution in [2.45, 2.75) is 32.2 Å². The summed E-state index contributed by atoms with van der Waals surface area (Å²) < 4.78 is 0. The molecule has 0 radical (unpaired) electrons. The first-order valence-electron chi connectivity index (χ1n) is 6.93. The van der Waals surface area contributed by atoms with Gasteiger partial charge < -0.3 is 16.0 Å². The molecule has 2 rings (SSSR count). The molecule has 1 aromatic rings. The first kappa shape index (κ1) is 14.2. The third kappa shape index (κ3) is 3.88. The summed E-state index contributed by atoms with van der Waals surface area (Å²) in [6, 6.07) is 2.36. The highest BCUT2D eigenvalue weighted by atomic mass is 32.1. The number of nitrogens with one attached hydrogen (secondary N) is 1. The lowest BCUT2D eigenvalue weighted by molar-refractivity contribution is 0.219. The summed E-state index contributed by atoms with van der Waals surface area (Å²) in [5, 5.41) is 3.54. The first-order chi connectivity index (χ1) is 9.20. The zero-order valence-corrected chi connectivity index (χ0v) is 12.2. The average molecular weight is 278 g/mol. The summed E-state index contributed by atoms with van der Waals surface area (Å²) >= 11 is 5.07. The Morgan fingerprint density at radius 2 is 2.26 bits per heavy atom. The number of pyridine rings is 1. The molecule has 0 amide bonds.